The Morgan fingerprint density at radius 3 is 2.00 bits per heavy atom. The van der Waals surface area contributed by atoms with Gasteiger partial charge in [0.25, 0.3) is 0 Å². The molecule has 0 atom stereocenters. The molecule has 0 saturated carbocycles. The van der Waals surface area contributed by atoms with Gasteiger partial charge in [-0.3, -0.25) is 0 Å². The van der Waals surface area contributed by atoms with Crippen molar-refractivity contribution in [2.75, 3.05) is 11.5 Å². The molecule has 4 N–H and O–H groups in total. The molecule has 0 aliphatic carbocycles. The first-order chi connectivity index (χ1) is 8.20. The number of hydrogen-bond acceptors (Lipinski definition) is 2. The molecule has 0 radical (unpaired) electrons. The summed E-state index contributed by atoms with van der Waals surface area (Å²) < 4.78 is 0. The zero-order chi connectivity index (χ0) is 12.0. The van der Waals surface area contributed by atoms with Crippen LogP contribution < -0.4 is 11.5 Å². The zero-order valence-electron chi connectivity index (χ0n) is 9.07. The van der Waals surface area contributed by atoms with Crippen molar-refractivity contribution in [3.63, 3.8) is 0 Å². The molecular formula is C14H11ClN2. The third-order valence-electron chi connectivity index (χ3n) is 3.08. The van der Waals surface area contributed by atoms with Gasteiger partial charge in [-0.25, -0.2) is 0 Å². The van der Waals surface area contributed by atoms with Crippen LogP contribution in [0.1, 0.15) is 0 Å². The first kappa shape index (κ1) is 10.2. The molecule has 84 valence electrons. The maximum Gasteiger partial charge on any atom is 0.0506 e. The van der Waals surface area contributed by atoms with Crippen LogP contribution in [0.25, 0.3) is 21.5 Å². The molecule has 0 unspecified atom stereocenters. The zero-order valence-corrected chi connectivity index (χ0v) is 9.83. The van der Waals surface area contributed by atoms with Crippen molar-refractivity contribution < 1.29 is 0 Å². The quantitative estimate of drug-likeness (QED) is 0.358. The summed E-state index contributed by atoms with van der Waals surface area (Å²) in [5.41, 5.74) is 13.8. The third kappa shape index (κ3) is 1.34. The van der Waals surface area contributed by atoms with E-state index in [9.17, 15) is 0 Å². The highest BCUT2D eigenvalue weighted by atomic mass is 35.5. The third-order valence-corrected chi connectivity index (χ3v) is 3.40. The molecule has 0 spiro atoms. The molecule has 17 heavy (non-hydrogen) atoms. The normalized spacial score (nSPS) is 11.1. The summed E-state index contributed by atoms with van der Waals surface area (Å²) in [5.74, 6) is 0. The van der Waals surface area contributed by atoms with Gasteiger partial charge in [-0.05, 0) is 6.07 Å². The van der Waals surface area contributed by atoms with Crippen molar-refractivity contribution in [1.82, 2.24) is 0 Å². The largest absolute Gasteiger partial charge is 0.398 e. The number of rotatable bonds is 0. The van der Waals surface area contributed by atoms with Gasteiger partial charge in [-0.15, -0.1) is 0 Å². The van der Waals surface area contributed by atoms with Gasteiger partial charge < -0.3 is 11.5 Å². The average molecular weight is 243 g/mol. The number of nitrogen functional groups attached to an aromatic ring is 2. The van der Waals surface area contributed by atoms with Gasteiger partial charge in [0, 0.05) is 32.9 Å². The van der Waals surface area contributed by atoms with E-state index in [2.05, 4.69) is 0 Å². The molecule has 3 aromatic carbocycles. The summed E-state index contributed by atoms with van der Waals surface area (Å²) in [6.45, 7) is 0. The van der Waals surface area contributed by atoms with Crippen LogP contribution in [-0.4, -0.2) is 0 Å². The van der Waals surface area contributed by atoms with Crippen molar-refractivity contribution in [3.05, 3.63) is 47.5 Å². The van der Waals surface area contributed by atoms with Crippen molar-refractivity contribution in [1.29, 1.82) is 0 Å². The number of anilines is 2. The number of hydrogen-bond donors (Lipinski definition) is 2. The lowest BCUT2D eigenvalue weighted by atomic mass is 9.99. The second kappa shape index (κ2) is 3.54. The van der Waals surface area contributed by atoms with Crippen LogP contribution in [0.3, 0.4) is 0 Å². The standard InChI is InChI=1S/C14H11ClN2/c15-11-7-3-6-10-12(11)14(17)9-5-2-1-4-8(9)13(10)16/h1-7H,16-17H2. The van der Waals surface area contributed by atoms with Gasteiger partial charge in [-0.2, -0.15) is 0 Å². The van der Waals surface area contributed by atoms with E-state index in [1.807, 2.05) is 42.5 Å². The van der Waals surface area contributed by atoms with Gasteiger partial charge in [0.1, 0.15) is 0 Å². The molecule has 0 saturated heterocycles. The Morgan fingerprint density at radius 2 is 1.29 bits per heavy atom. The van der Waals surface area contributed by atoms with Gasteiger partial charge in [0.05, 0.1) is 5.02 Å². The van der Waals surface area contributed by atoms with E-state index < -0.39 is 0 Å². The number of fused-ring (bicyclic) bond motifs is 2. The Kier molecular flexibility index (Phi) is 2.13. The molecule has 3 aromatic rings. The van der Waals surface area contributed by atoms with Crippen LogP contribution in [0, 0.1) is 0 Å². The summed E-state index contributed by atoms with van der Waals surface area (Å²) in [5, 5.41) is 4.31. The minimum atomic E-state index is 0.637. The second-order valence-corrected chi connectivity index (χ2v) is 4.44. The summed E-state index contributed by atoms with van der Waals surface area (Å²) in [6.07, 6.45) is 0. The molecular weight excluding hydrogens is 232 g/mol. The van der Waals surface area contributed by atoms with E-state index in [0.29, 0.717) is 10.7 Å². The monoisotopic (exact) mass is 242 g/mol. The van der Waals surface area contributed by atoms with Gasteiger partial charge in [-0.1, -0.05) is 48.0 Å². The van der Waals surface area contributed by atoms with E-state index in [-0.39, 0.29) is 0 Å². The molecule has 3 heteroatoms. The Hall–Kier alpha value is -1.93. The first-order valence-corrected chi connectivity index (χ1v) is 5.72. The highest BCUT2D eigenvalue weighted by Crippen LogP contribution is 2.39. The highest BCUT2D eigenvalue weighted by Gasteiger charge is 2.11. The van der Waals surface area contributed by atoms with Crippen LogP contribution in [0.2, 0.25) is 5.02 Å². The van der Waals surface area contributed by atoms with Gasteiger partial charge in [0.15, 0.2) is 0 Å². The lowest BCUT2D eigenvalue weighted by Crippen LogP contribution is -1.95. The van der Waals surface area contributed by atoms with Gasteiger partial charge >= 0.3 is 0 Å². The maximum absolute atomic E-state index is 6.20. The summed E-state index contributed by atoms with van der Waals surface area (Å²) in [7, 11) is 0. The fraction of sp³-hybridized carbons (Fsp3) is 0. The summed E-state index contributed by atoms with van der Waals surface area (Å²) in [4.78, 5) is 0. The first-order valence-electron chi connectivity index (χ1n) is 5.34. The summed E-state index contributed by atoms with van der Waals surface area (Å²) >= 11 is 6.20. The van der Waals surface area contributed by atoms with E-state index >= 15 is 0 Å². The molecule has 0 aromatic heterocycles. The maximum atomic E-state index is 6.20. The molecule has 0 bridgehead atoms. The lowest BCUT2D eigenvalue weighted by Gasteiger charge is -2.12. The smallest absolute Gasteiger partial charge is 0.0506 e. The molecule has 0 fully saturated rings. The molecule has 0 aliphatic heterocycles. The van der Waals surface area contributed by atoms with Crippen molar-refractivity contribution >= 4 is 44.5 Å². The van der Waals surface area contributed by atoms with E-state index in [4.69, 9.17) is 23.1 Å². The molecule has 0 amide bonds. The molecule has 0 heterocycles. The van der Waals surface area contributed by atoms with Gasteiger partial charge in [0.2, 0.25) is 0 Å². The van der Waals surface area contributed by atoms with Crippen LogP contribution in [0.4, 0.5) is 11.4 Å². The topological polar surface area (TPSA) is 52.0 Å². The van der Waals surface area contributed by atoms with Crippen molar-refractivity contribution in [3.8, 4) is 0 Å². The van der Waals surface area contributed by atoms with E-state index in [1.54, 1.807) is 0 Å². The van der Waals surface area contributed by atoms with Crippen LogP contribution in [-0.2, 0) is 0 Å². The highest BCUT2D eigenvalue weighted by molar-refractivity contribution is 6.38. The Balaban J connectivity index is 2.69. The van der Waals surface area contributed by atoms with Crippen molar-refractivity contribution in [2.45, 2.75) is 0 Å². The fourth-order valence-electron chi connectivity index (χ4n) is 2.25. The van der Waals surface area contributed by atoms with Crippen LogP contribution in [0.15, 0.2) is 42.5 Å². The van der Waals surface area contributed by atoms with E-state index in [1.165, 1.54) is 0 Å². The van der Waals surface area contributed by atoms with E-state index in [0.717, 1.165) is 27.2 Å². The lowest BCUT2D eigenvalue weighted by molar-refractivity contribution is 1.73. The fourth-order valence-corrected chi connectivity index (χ4v) is 2.53. The Bertz CT molecular complexity index is 735. The minimum absolute atomic E-state index is 0.637. The van der Waals surface area contributed by atoms with Crippen LogP contribution >= 0.6 is 11.6 Å². The Morgan fingerprint density at radius 1 is 0.706 bits per heavy atom. The number of benzene rings is 3. The molecule has 0 aliphatic rings. The second-order valence-electron chi connectivity index (χ2n) is 4.04. The molecule has 2 nitrogen and oxygen atoms in total. The predicted octanol–water partition coefficient (Wildman–Crippen LogP) is 3.81. The Labute approximate surface area is 104 Å². The average Bonchev–Trinajstić information content (AvgIpc) is 2.36. The van der Waals surface area contributed by atoms with Crippen molar-refractivity contribution in [2.24, 2.45) is 0 Å². The predicted molar refractivity (Wildman–Crippen MR) is 75.3 cm³/mol. The molecule has 3 rings (SSSR count). The summed E-state index contributed by atoms with van der Waals surface area (Å²) in [6, 6.07) is 13.5. The SMILES string of the molecule is Nc1c2ccccc2c(N)c2c(Cl)cccc12. The number of halogens is 1. The minimum Gasteiger partial charge on any atom is -0.398 e. The van der Waals surface area contributed by atoms with Crippen LogP contribution in [0.5, 0.6) is 0 Å². The number of nitrogens with two attached hydrogens (primary N) is 2.